The second kappa shape index (κ2) is 10.1. The minimum atomic E-state index is -0.628. The zero-order valence-electron chi connectivity index (χ0n) is 15.6. The molecule has 1 aliphatic rings. The van der Waals surface area contributed by atoms with Crippen LogP contribution in [0.3, 0.4) is 0 Å². The number of nitrogens with one attached hydrogen (secondary N) is 2. The van der Waals surface area contributed by atoms with Crippen LogP contribution in [0.1, 0.15) is 12.0 Å². The summed E-state index contributed by atoms with van der Waals surface area (Å²) in [4.78, 5) is 34.3. The number of hydrogen-bond donors (Lipinski definition) is 2. The lowest BCUT2D eigenvalue weighted by Crippen LogP contribution is -2.28. The third-order valence-electron chi connectivity index (χ3n) is 3.90. The maximum absolute atomic E-state index is 12.2. The number of carbonyl (C=O) groups is 2. The molecule has 2 aromatic carbocycles. The summed E-state index contributed by atoms with van der Waals surface area (Å²) in [5.74, 6) is -0.709. The lowest BCUT2D eigenvalue weighted by molar-refractivity contribution is -0.384. The van der Waals surface area contributed by atoms with Crippen LogP contribution in [0.4, 0.5) is 11.4 Å². The molecule has 0 bridgehead atoms. The van der Waals surface area contributed by atoms with Crippen molar-refractivity contribution in [3.05, 3.63) is 76.4 Å². The van der Waals surface area contributed by atoms with Crippen molar-refractivity contribution in [2.45, 2.75) is 11.7 Å². The summed E-state index contributed by atoms with van der Waals surface area (Å²) in [7, 11) is 0. The molecule has 2 amide bonds. The van der Waals surface area contributed by atoms with Gasteiger partial charge in [0.15, 0.2) is 5.17 Å². The number of nitro benzene ring substituents is 1. The third kappa shape index (κ3) is 6.11. The number of thioether (sulfide) groups is 1. The number of nitro groups is 1. The molecule has 0 saturated carbocycles. The molecule has 9 nitrogen and oxygen atoms in total. The molecular weight excluding hydrogens is 406 g/mol. The first-order chi connectivity index (χ1) is 14.5. The monoisotopic (exact) mass is 423 g/mol. The fourth-order valence-electron chi connectivity index (χ4n) is 2.48. The number of allylic oxidation sites excluding steroid dienone is 1. The quantitative estimate of drug-likeness (QED) is 0.402. The molecule has 0 radical (unpaired) electrons. The minimum absolute atomic E-state index is 0.0653. The van der Waals surface area contributed by atoms with Crippen LogP contribution < -0.4 is 10.6 Å². The van der Waals surface area contributed by atoms with Gasteiger partial charge >= 0.3 is 0 Å². The highest BCUT2D eigenvalue weighted by molar-refractivity contribution is 8.15. The van der Waals surface area contributed by atoms with E-state index in [2.05, 4.69) is 20.8 Å². The standard InChI is InChI=1S/C20H17N5O4S/c26-18(22-15-8-10-16(11-9-15)25(28)29)13-17-19(27)23-20(30-17)24-21-12-4-7-14-5-2-1-3-6-14/h1-12,17H,13H2,(H,22,26)(H,23,24,27)/b7-4-,21-12+/t17-/m0/s1. The van der Waals surface area contributed by atoms with Gasteiger partial charge in [-0.05, 0) is 23.8 Å². The number of anilines is 1. The van der Waals surface area contributed by atoms with Crippen LogP contribution in [0.25, 0.3) is 6.08 Å². The Balaban J connectivity index is 1.49. The van der Waals surface area contributed by atoms with Crippen molar-refractivity contribution in [1.29, 1.82) is 0 Å². The van der Waals surface area contributed by atoms with Gasteiger partial charge in [-0.25, -0.2) is 0 Å². The van der Waals surface area contributed by atoms with E-state index in [0.717, 1.165) is 17.3 Å². The Kier molecular flexibility index (Phi) is 7.06. The second-order valence-corrected chi connectivity index (χ2v) is 7.28. The average molecular weight is 423 g/mol. The number of non-ortho nitro benzene ring substituents is 1. The fourth-order valence-corrected chi connectivity index (χ4v) is 3.40. The van der Waals surface area contributed by atoms with Crippen LogP contribution >= 0.6 is 11.8 Å². The zero-order valence-corrected chi connectivity index (χ0v) is 16.4. The SMILES string of the molecule is O=C(C[C@@H]1S\C(=N/N=C/C=C\c2ccccc2)NC1=O)Nc1ccc([N+](=O)[O-])cc1. The van der Waals surface area contributed by atoms with E-state index in [1.165, 1.54) is 30.5 Å². The Labute approximate surface area is 176 Å². The Hall–Kier alpha value is -3.79. The molecule has 30 heavy (non-hydrogen) atoms. The maximum atomic E-state index is 12.2. The van der Waals surface area contributed by atoms with E-state index < -0.39 is 10.2 Å². The summed E-state index contributed by atoms with van der Waals surface area (Å²) in [5.41, 5.74) is 1.37. The van der Waals surface area contributed by atoms with Gasteiger partial charge in [-0.1, -0.05) is 48.2 Å². The molecule has 0 aliphatic carbocycles. The van der Waals surface area contributed by atoms with Crippen molar-refractivity contribution >= 4 is 52.4 Å². The largest absolute Gasteiger partial charge is 0.326 e. The Bertz CT molecular complexity index is 1020. The average Bonchev–Trinajstić information content (AvgIpc) is 3.08. The van der Waals surface area contributed by atoms with E-state index in [4.69, 9.17) is 0 Å². The van der Waals surface area contributed by atoms with Crippen molar-refractivity contribution in [2.75, 3.05) is 5.32 Å². The van der Waals surface area contributed by atoms with E-state index in [-0.39, 0.29) is 23.9 Å². The lowest BCUT2D eigenvalue weighted by Gasteiger charge is -2.07. The van der Waals surface area contributed by atoms with Crippen LogP contribution in [0.2, 0.25) is 0 Å². The predicted molar refractivity (Wildman–Crippen MR) is 117 cm³/mol. The summed E-state index contributed by atoms with van der Waals surface area (Å²) in [6, 6.07) is 15.2. The van der Waals surface area contributed by atoms with Crippen molar-refractivity contribution < 1.29 is 14.5 Å². The van der Waals surface area contributed by atoms with Gasteiger partial charge in [0.25, 0.3) is 5.69 Å². The molecule has 2 aromatic rings. The summed E-state index contributed by atoms with van der Waals surface area (Å²) >= 11 is 1.12. The van der Waals surface area contributed by atoms with Gasteiger partial charge < -0.3 is 10.6 Å². The molecule has 1 aliphatic heterocycles. The summed E-state index contributed by atoms with van der Waals surface area (Å²) in [6.07, 6.45) is 5.04. The van der Waals surface area contributed by atoms with Crippen molar-refractivity contribution in [2.24, 2.45) is 10.2 Å². The van der Waals surface area contributed by atoms with Crippen LogP contribution in [0, 0.1) is 10.1 Å². The lowest BCUT2D eigenvalue weighted by atomic mass is 10.2. The van der Waals surface area contributed by atoms with Gasteiger partial charge in [-0.15, -0.1) is 5.10 Å². The first-order valence-electron chi connectivity index (χ1n) is 8.86. The van der Waals surface area contributed by atoms with Crippen LogP contribution in [0.15, 0.2) is 70.9 Å². The Morgan fingerprint density at radius 1 is 1.20 bits per heavy atom. The number of benzene rings is 2. The molecule has 0 aromatic heterocycles. The molecule has 1 atom stereocenters. The Morgan fingerprint density at radius 3 is 2.63 bits per heavy atom. The fraction of sp³-hybridized carbons (Fsp3) is 0.100. The summed E-state index contributed by atoms with van der Waals surface area (Å²) in [6.45, 7) is 0. The normalized spacial score (nSPS) is 17.5. The van der Waals surface area contributed by atoms with E-state index in [1.807, 2.05) is 36.4 Å². The van der Waals surface area contributed by atoms with Crippen LogP contribution in [-0.2, 0) is 9.59 Å². The number of rotatable bonds is 7. The first kappa shape index (κ1) is 20.9. The molecule has 1 saturated heterocycles. The highest BCUT2D eigenvalue weighted by Crippen LogP contribution is 2.23. The topological polar surface area (TPSA) is 126 Å². The molecule has 0 unspecified atom stereocenters. The van der Waals surface area contributed by atoms with Crippen molar-refractivity contribution in [3.8, 4) is 0 Å². The minimum Gasteiger partial charge on any atom is -0.326 e. The number of amidine groups is 1. The zero-order chi connectivity index (χ0) is 21.3. The van der Waals surface area contributed by atoms with Crippen LogP contribution in [0.5, 0.6) is 0 Å². The summed E-state index contributed by atoms with van der Waals surface area (Å²) < 4.78 is 0. The van der Waals surface area contributed by atoms with Crippen molar-refractivity contribution in [1.82, 2.24) is 5.32 Å². The highest BCUT2D eigenvalue weighted by atomic mass is 32.2. The van der Waals surface area contributed by atoms with Gasteiger partial charge in [0.1, 0.15) is 5.25 Å². The number of carbonyl (C=O) groups excluding carboxylic acids is 2. The molecule has 152 valence electrons. The molecule has 3 rings (SSSR count). The number of amides is 2. The third-order valence-corrected chi connectivity index (χ3v) is 4.97. The van der Waals surface area contributed by atoms with Gasteiger partial charge in [0, 0.05) is 30.5 Å². The highest BCUT2D eigenvalue weighted by Gasteiger charge is 2.32. The van der Waals surface area contributed by atoms with E-state index in [1.54, 1.807) is 6.08 Å². The second-order valence-electron chi connectivity index (χ2n) is 6.09. The predicted octanol–water partition coefficient (Wildman–Crippen LogP) is 3.21. The number of nitrogens with zero attached hydrogens (tertiary/aromatic N) is 3. The Morgan fingerprint density at radius 2 is 1.93 bits per heavy atom. The number of hydrogen-bond acceptors (Lipinski definition) is 7. The van der Waals surface area contributed by atoms with Crippen molar-refractivity contribution in [3.63, 3.8) is 0 Å². The van der Waals surface area contributed by atoms with Crippen LogP contribution in [-0.4, -0.2) is 33.4 Å². The maximum Gasteiger partial charge on any atom is 0.269 e. The smallest absolute Gasteiger partial charge is 0.269 e. The summed E-state index contributed by atoms with van der Waals surface area (Å²) in [5, 5.41) is 23.4. The molecule has 1 fully saturated rings. The van der Waals surface area contributed by atoms with E-state index in [0.29, 0.717) is 10.9 Å². The van der Waals surface area contributed by atoms with Gasteiger partial charge in [-0.3, -0.25) is 19.7 Å². The molecular formula is C20H17N5O4S. The van der Waals surface area contributed by atoms with E-state index in [9.17, 15) is 19.7 Å². The molecule has 10 heteroatoms. The van der Waals surface area contributed by atoms with E-state index >= 15 is 0 Å². The molecule has 2 N–H and O–H groups in total. The molecule has 1 heterocycles. The van der Waals surface area contributed by atoms with Gasteiger partial charge in [0.2, 0.25) is 11.8 Å². The molecule has 0 spiro atoms. The van der Waals surface area contributed by atoms with Gasteiger partial charge in [-0.2, -0.15) is 5.10 Å². The first-order valence-corrected chi connectivity index (χ1v) is 9.74. The van der Waals surface area contributed by atoms with Gasteiger partial charge in [0.05, 0.1) is 4.92 Å².